The number of nitrogens with zero attached hydrogens (tertiary/aromatic N) is 2. The fraction of sp³-hybridized carbons (Fsp3) is 0.286. The van der Waals surface area contributed by atoms with Crippen molar-refractivity contribution in [1.29, 1.82) is 0 Å². The molecule has 0 radical (unpaired) electrons. The lowest BCUT2D eigenvalue weighted by Gasteiger charge is -2.37. The number of nitrogens with one attached hydrogen (secondary N) is 1. The van der Waals surface area contributed by atoms with Gasteiger partial charge >= 0.3 is 11.8 Å². The number of benzene rings is 2. The lowest BCUT2D eigenvalue weighted by atomic mass is 10.1. The number of carbonyl (C=O) groups is 3. The average Bonchev–Trinajstić information content (AvgIpc) is 2.71. The largest absolute Gasteiger partial charge is 0.328 e. The van der Waals surface area contributed by atoms with Gasteiger partial charge in [0, 0.05) is 19.6 Å². The number of hydrogen-bond acceptors (Lipinski definition) is 3. The van der Waals surface area contributed by atoms with Crippen LogP contribution in [0.15, 0.2) is 48.5 Å². The van der Waals surface area contributed by atoms with E-state index in [0.29, 0.717) is 5.56 Å². The molecule has 2 aromatic rings. The summed E-state index contributed by atoms with van der Waals surface area (Å²) in [6.45, 7) is 2.31. The first-order valence-electron chi connectivity index (χ1n) is 9.30. The van der Waals surface area contributed by atoms with Gasteiger partial charge in [0.15, 0.2) is 0 Å². The van der Waals surface area contributed by atoms with Gasteiger partial charge in [0.1, 0.15) is 17.7 Å². The number of halogens is 2. The van der Waals surface area contributed by atoms with Gasteiger partial charge in [-0.1, -0.05) is 31.2 Å². The zero-order valence-corrected chi connectivity index (χ0v) is 15.9. The third kappa shape index (κ3) is 4.59. The van der Waals surface area contributed by atoms with Gasteiger partial charge in [-0.2, -0.15) is 0 Å². The van der Waals surface area contributed by atoms with Crippen molar-refractivity contribution < 1.29 is 23.2 Å². The number of hydrogen-bond donors (Lipinski definition) is 1. The number of para-hydroxylation sites is 1. The number of anilines is 1. The third-order valence-electron chi connectivity index (χ3n) is 4.83. The Morgan fingerprint density at radius 1 is 1.03 bits per heavy atom. The van der Waals surface area contributed by atoms with Crippen LogP contribution in [-0.4, -0.2) is 46.7 Å². The molecule has 1 N–H and O–H groups in total. The van der Waals surface area contributed by atoms with Crippen molar-refractivity contribution in [2.75, 3.05) is 18.4 Å². The average molecular weight is 401 g/mol. The second-order valence-corrected chi connectivity index (χ2v) is 6.74. The Morgan fingerprint density at radius 3 is 2.38 bits per heavy atom. The predicted molar refractivity (Wildman–Crippen MR) is 103 cm³/mol. The van der Waals surface area contributed by atoms with E-state index in [2.05, 4.69) is 5.32 Å². The van der Waals surface area contributed by atoms with Gasteiger partial charge < -0.3 is 15.1 Å². The van der Waals surface area contributed by atoms with Crippen LogP contribution in [0.4, 0.5) is 14.5 Å². The molecule has 152 valence electrons. The molecule has 1 fully saturated rings. The van der Waals surface area contributed by atoms with Crippen LogP contribution >= 0.6 is 0 Å². The van der Waals surface area contributed by atoms with Crippen LogP contribution in [0.25, 0.3) is 0 Å². The maximum atomic E-state index is 13.8. The molecule has 0 aromatic heterocycles. The SMILES string of the molecule is CC[C@@H](C(=O)Nc1ccccc1F)N1CCN(Cc2ccc(F)cc2)C(=O)C1=O. The molecule has 1 atom stereocenters. The van der Waals surface area contributed by atoms with E-state index < -0.39 is 29.6 Å². The van der Waals surface area contributed by atoms with E-state index in [0.717, 1.165) is 0 Å². The Balaban J connectivity index is 1.68. The van der Waals surface area contributed by atoms with Crippen LogP contribution < -0.4 is 5.32 Å². The molecule has 6 nitrogen and oxygen atoms in total. The molecule has 1 saturated heterocycles. The standard InChI is InChI=1S/C21H21F2N3O3/c1-2-18(19(27)24-17-6-4-3-5-16(17)23)26-12-11-25(20(28)21(26)29)13-14-7-9-15(22)10-8-14/h3-10,18H,2,11-13H2,1H3,(H,24,27)/t18-/m0/s1. The van der Waals surface area contributed by atoms with Crippen LogP contribution in [0, 0.1) is 11.6 Å². The van der Waals surface area contributed by atoms with E-state index in [1.165, 1.54) is 40.1 Å². The summed E-state index contributed by atoms with van der Waals surface area (Å²) >= 11 is 0. The summed E-state index contributed by atoms with van der Waals surface area (Å²) in [5, 5.41) is 2.48. The van der Waals surface area contributed by atoms with E-state index >= 15 is 0 Å². The van der Waals surface area contributed by atoms with Crippen LogP contribution in [0.1, 0.15) is 18.9 Å². The van der Waals surface area contributed by atoms with Crippen molar-refractivity contribution in [1.82, 2.24) is 9.80 Å². The van der Waals surface area contributed by atoms with Crippen LogP contribution in [-0.2, 0) is 20.9 Å². The van der Waals surface area contributed by atoms with Gasteiger partial charge in [0.2, 0.25) is 5.91 Å². The highest BCUT2D eigenvalue weighted by atomic mass is 19.1. The minimum Gasteiger partial charge on any atom is -0.328 e. The first-order valence-corrected chi connectivity index (χ1v) is 9.30. The molecule has 8 heteroatoms. The quantitative estimate of drug-likeness (QED) is 0.757. The third-order valence-corrected chi connectivity index (χ3v) is 4.83. The number of piperazine rings is 1. The molecule has 29 heavy (non-hydrogen) atoms. The van der Waals surface area contributed by atoms with Crippen LogP contribution in [0.5, 0.6) is 0 Å². The summed E-state index contributed by atoms with van der Waals surface area (Å²) in [6.07, 6.45) is 0.275. The van der Waals surface area contributed by atoms with Crippen LogP contribution in [0.2, 0.25) is 0 Å². The van der Waals surface area contributed by atoms with Gasteiger partial charge in [0.25, 0.3) is 0 Å². The Hall–Kier alpha value is -3.29. The fourth-order valence-electron chi connectivity index (χ4n) is 3.27. The predicted octanol–water partition coefficient (Wildman–Crippen LogP) is 2.55. The maximum Gasteiger partial charge on any atom is 0.312 e. The second kappa shape index (κ2) is 8.81. The van der Waals surface area contributed by atoms with Gasteiger partial charge in [-0.15, -0.1) is 0 Å². The van der Waals surface area contributed by atoms with E-state index in [9.17, 15) is 23.2 Å². The summed E-state index contributed by atoms with van der Waals surface area (Å²) in [6, 6.07) is 10.5. The normalized spacial score (nSPS) is 15.4. The van der Waals surface area contributed by atoms with Gasteiger partial charge in [-0.3, -0.25) is 14.4 Å². The molecule has 3 rings (SSSR count). The molecule has 0 spiro atoms. The highest BCUT2D eigenvalue weighted by molar-refractivity contribution is 6.35. The topological polar surface area (TPSA) is 69.7 Å². The summed E-state index contributed by atoms with van der Waals surface area (Å²) in [5.41, 5.74) is 0.718. The molecule has 0 saturated carbocycles. The lowest BCUT2D eigenvalue weighted by molar-refractivity contribution is -0.159. The molecule has 2 aromatic carbocycles. The minimum absolute atomic E-state index is 0.0182. The van der Waals surface area contributed by atoms with E-state index in [1.807, 2.05) is 0 Å². The molecule has 1 heterocycles. The zero-order chi connectivity index (χ0) is 21.0. The smallest absolute Gasteiger partial charge is 0.312 e. The highest BCUT2D eigenvalue weighted by Gasteiger charge is 2.38. The van der Waals surface area contributed by atoms with E-state index in [-0.39, 0.29) is 37.6 Å². The maximum absolute atomic E-state index is 13.8. The fourth-order valence-corrected chi connectivity index (χ4v) is 3.27. The van der Waals surface area contributed by atoms with Gasteiger partial charge in [0.05, 0.1) is 5.69 Å². The molecule has 3 amide bonds. The second-order valence-electron chi connectivity index (χ2n) is 6.74. The van der Waals surface area contributed by atoms with Gasteiger partial charge in [-0.05, 0) is 36.2 Å². The van der Waals surface area contributed by atoms with Gasteiger partial charge in [-0.25, -0.2) is 8.78 Å². The first-order chi connectivity index (χ1) is 13.9. The number of carbonyl (C=O) groups excluding carboxylic acids is 3. The van der Waals surface area contributed by atoms with E-state index in [4.69, 9.17) is 0 Å². The van der Waals surface area contributed by atoms with Crippen molar-refractivity contribution in [2.45, 2.75) is 25.9 Å². The summed E-state index contributed by atoms with van der Waals surface area (Å²) in [7, 11) is 0. The van der Waals surface area contributed by atoms with Crippen molar-refractivity contribution in [2.24, 2.45) is 0 Å². The minimum atomic E-state index is -0.890. The molecule has 0 aliphatic carbocycles. The Labute approximate surface area is 167 Å². The molecule has 0 unspecified atom stereocenters. The Morgan fingerprint density at radius 2 is 1.72 bits per heavy atom. The van der Waals surface area contributed by atoms with E-state index in [1.54, 1.807) is 25.1 Å². The van der Waals surface area contributed by atoms with Crippen molar-refractivity contribution >= 4 is 23.4 Å². The van der Waals surface area contributed by atoms with Crippen LogP contribution in [0.3, 0.4) is 0 Å². The number of rotatable bonds is 6. The summed E-state index contributed by atoms with van der Waals surface area (Å²) in [4.78, 5) is 40.4. The molecule has 1 aliphatic rings. The monoisotopic (exact) mass is 401 g/mol. The first kappa shape index (κ1) is 20.4. The number of amides is 3. The van der Waals surface area contributed by atoms with Crippen molar-refractivity contribution in [3.8, 4) is 0 Å². The Kier molecular flexibility index (Phi) is 6.21. The van der Waals surface area contributed by atoms with Crippen molar-refractivity contribution in [3.63, 3.8) is 0 Å². The lowest BCUT2D eigenvalue weighted by Crippen LogP contribution is -2.59. The molecular weight excluding hydrogens is 380 g/mol. The summed E-state index contributed by atoms with van der Waals surface area (Å²) < 4.78 is 26.8. The van der Waals surface area contributed by atoms with Crippen molar-refractivity contribution in [3.05, 3.63) is 65.7 Å². The molecular formula is C21H21F2N3O3. The molecule has 0 bridgehead atoms. The molecule has 1 aliphatic heterocycles. The summed E-state index contributed by atoms with van der Waals surface area (Å²) in [5.74, 6) is -3.02. The Bertz CT molecular complexity index is 918. The zero-order valence-electron chi connectivity index (χ0n) is 15.9. The highest BCUT2D eigenvalue weighted by Crippen LogP contribution is 2.18.